The highest BCUT2D eigenvalue weighted by molar-refractivity contribution is 5.91. The van der Waals surface area contributed by atoms with Crippen molar-refractivity contribution < 1.29 is 4.39 Å². The van der Waals surface area contributed by atoms with Crippen LogP contribution in [0.1, 0.15) is 5.69 Å². The van der Waals surface area contributed by atoms with Crippen molar-refractivity contribution in [2.45, 2.75) is 6.92 Å². The molecule has 0 atom stereocenters. The zero-order chi connectivity index (χ0) is 21.4. The Morgan fingerprint density at radius 2 is 1.84 bits per heavy atom. The first kappa shape index (κ1) is 18.7. The number of rotatable bonds is 4. The van der Waals surface area contributed by atoms with Crippen LogP contribution in [0, 0.1) is 12.7 Å². The van der Waals surface area contributed by atoms with E-state index in [1.165, 1.54) is 12.1 Å². The molecule has 7 nitrogen and oxygen atoms in total. The highest BCUT2D eigenvalue weighted by Crippen LogP contribution is 2.35. The van der Waals surface area contributed by atoms with Gasteiger partial charge in [0.2, 0.25) is 5.95 Å². The Hall–Kier alpha value is -4.33. The van der Waals surface area contributed by atoms with E-state index in [2.05, 4.69) is 20.4 Å². The predicted molar refractivity (Wildman–Crippen MR) is 118 cm³/mol. The highest BCUT2D eigenvalue weighted by Gasteiger charge is 2.19. The lowest BCUT2D eigenvalue weighted by Crippen LogP contribution is -1.99. The van der Waals surface area contributed by atoms with Gasteiger partial charge >= 0.3 is 0 Å². The van der Waals surface area contributed by atoms with Gasteiger partial charge < -0.3 is 11.1 Å². The third kappa shape index (κ3) is 3.66. The number of nitrogens with two attached hydrogens (primary N) is 1. The van der Waals surface area contributed by atoms with E-state index < -0.39 is 0 Å². The molecule has 0 saturated carbocycles. The fourth-order valence-corrected chi connectivity index (χ4v) is 3.42. The van der Waals surface area contributed by atoms with E-state index in [0.29, 0.717) is 28.7 Å². The molecule has 152 valence electrons. The second-order valence-corrected chi connectivity index (χ2v) is 7.10. The van der Waals surface area contributed by atoms with Crippen LogP contribution in [-0.4, -0.2) is 24.8 Å². The summed E-state index contributed by atoms with van der Waals surface area (Å²) in [4.78, 5) is 8.94. The fourth-order valence-electron chi connectivity index (χ4n) is 3.42. The summed E-state index contributed by atoms with van der Waals surface area (Å²) in [5.41, 5.74) is 11.9. The quantitative estimate of drug-likeness (QED) is 0.419. The van der Waals surface area contributed by atoms with Crippen LogP contribution in [0.2, 0.25) is 0 Å². The average molecular weight is 411 g/mol. The number of halogens is 1. The zero-order valence-corrected chi connectivity index (χ0v) is 16.6. The summed E-state index contributed by atoms with van der Waals surface area (Å²) in [6, 6.07) is 19.4. The molecule has 5 aromatic rings. The van der Waals surface area contributed by atoms with Gasteiger partial charge in [-0.1, -0.05) is 18.2 Å². The number of anilines is 3. The molecule has 5 rings (SSSR count). The van der Waals surface area contributed by atoms with Gasteiger partial charge in [-0.2, -0.15) is 9.73 Å². The monoisotopic (exact) mass is 411 g/mol. The van der Waals surface area contributed by atoms with Gasteiger partial charge in [0.15, 0.2) is 0 Å². The number of hydrogen-bond acceptors (Lipinski definition) is 6. The van der Waals surface area contributed by atoms with Gasteiger partial charge in [-0.15, -0.1) is 5.10 Å². The minimum Gasteiger partial charge on any atom is -0.399 e. The average Bonchev–Trinajstić information content (AvgIpc) is 3.12. The molecule has 0 bridgehead atoms. The van der Waals surface area contributed by atoms with Crippen molar-refractivity contribution in [2.75, 3.05) is 11.1 Å². The topological polar surface area (TPSA) is 94.0 Å². The Balaban J connectivity index is 1.66. The van der Waals surface area contributed by atoms with Crippen molar-refractivity contribution in [3.8, 4) is 22.5 Å². The van der Waals surface area contributed by atoms with E-state index in [0.717, 1.165) is 22.3 Å². The predicted octanol–water partition coefficient (Wildman–Crippen LogP) is 4.63. The summed E-state index contributed by atoms with van der Waals surface area (Å²) in [6.45, 7) is 1.91. The van der Waals surface area contributed by atoms with E-state index in [4.69, 9.17) is 10.8 Å². The third-order valence-electron chi connectivity index (χ3n) is 4.79. The van der Waals surface area contributed by atoms with Gasteiger partial charge in [-0.25, -0.2) is 14.4 Å². The van der Waals surface area contributed by atoms with Gasteiger partial charge in [-0.05, 0) is 55.5 Å². The van der Waals surface area contributed by atoms with Crippen molar-refractivity contribution in [3.05, 3.63) is 84.4 Å². The van der Waals surface area contributed by atoms with Crippen LogP contribution in [0.15, 0.2) is 72.9 Å². The number of aromatic nitrogens is 5. The van der Waals surface area contributed by atoms with Crippen molar-refractivity contribution >= 4 is 22.8 Å². The Morgan fingerprint density at radius 1 is 0.968 bits per heavy atom. The summed E-state index contributed by atoms with van der Waals surface area (Å²) in [7, 11) is 0. The normalized spacial score (nSPS) is 11.0. The standard InChI is InChI=1S/C23H18FN7/c1-14-8-9-20-21(22(30-31(20)29-14)15-4-2-6-17(25)12-15)19-10-11-26-23(28-19)27-18-7-3-5-16(24)13-18/h2-13H,25H2,1H3,(H,26,27,28). The number of nitrogens with zero attached hydrogens (tertiary/aromatic N) is 5. The summed E-state index contributed by atoms with van der Waals surface area (Å²) in [6.07, 6.45) is 1.65. The van der Waals surface area contributed by atoms with E-state index in [1.807, 2.05) is 49.4 Å². The number of nitrogens with one attached hydrogen (secondary N) is 1. The third-order valence-corrected chi connectivity index (χ3v) is 4.79. The Labute approximate surface area is 177 Å². The van der Waals surface area contributed by atoms with Crippen LogP contribution in [0.25, 0.3) is 28.0 Å². The molecule has 0 saturated heterocycles. The molecule has 0 aliphatic heterocycles. The van der Waals surface area contributed by atoms with Gasteiger partial charge in [0.25, 0.3) is 0 Å². The Kier molecular flexibility index (Phi) is 4.51. The maximum atomic E-state index is 13.5. The van der Waals surface area contributed by atoms with Gasteiger partial charge in [0, 0.05) is 23.1 Å². The second-order valence-electron chi connectivity index (χ2n) is 7.10. The first-order valence-corrected chi connectivity index (χ1v) is 9.65. The number of hydrogen-bond donors (Lipinski definition) is 2. The van der Waals surface area contributed by atoms with Crippen LogP contribution in [0.3, 0.4) is 0 Å². The largest absolute Gasteiger partial charge is 0.399 e. The lowest BCUT2D eigenvalue weighted by atomic mass is 10.0. The maximum Gasteiger partial charge on any atom is 0.227 e. The van der Waals surface area contributed by atoms with Crippen LogP contribution in [0.5, 0.6) is 0 Å². The summed E-state index contributed by atoms with van der Waals surface area (Å²) in [5, 5.41) is 12.3. The first-order valence-electron chi connectivity index (χ1n) is 9.65. The highest BCUT2D eigenvalue weighted by atomic mass is 19.1. The summed E-state index contributed by atoms with van der Waals surface area (Å²) in [5.74, 6) is 0.00947. The second kappa shape index (κ2) is 7.49. The SMILES string of the molecule is Cc1ccc2c(-c3ccnc(Nc4cccc(F)c4)n3)c(-c3cccc(N)c3)nn2n1. The molecule has 8 heteroatoms. The molecule has 0 aliphatic carbocycles. The van der Waals surface area contributed by atoms with Crippen LogP contribution >= 0.6 is 0 Å². The molecule has 0 spiro atoms. The van der Waals surface area contributed by atoms with Crippen molar-refractivity contribution in [3.63, 3.8) is 0 Å². The Morgan fingerprint density at radius 3 is 2.68 bits per heavy atom. The number of benzene rings is 2. The maximum absolute atomic E-state index is 13.5. The molecule has 0 radical (unpaired) electrons. The number of fused-ring (bicyclic) bond motifs is 1. The molecule has 31 heavy (non-hydrogen) atoms. The minimum absolute atomic E-state index is 0.339. The van der Waals surface area contributed by atoms with Gasteiger partial charge in [-0.3, -0.25) is 0 Å². The molecular formula is C23H18FN7. The molecule has 0 unspecified atom stereocenters. The summed E-state index contributed by atoms with van der Waals surface area (Å²) < 4.78 is 15.1. The molecule has 3 heterocycles. The van der Waals surface area contributed by atoms with Crippen LogP contribution < -0.4 is 11.1 Å². The van der Waals surface area contributed by atoms with Crippen molar-refractivity contribution in [1.82, 2.24) is 24.8 Å². The lowest BCUT2D eigenvalue weighted by molar-refractivity contribution is 0.628. The summed E-state index contributed by atoms with van der Waals surface area (Å²) >= 11 is 0. The molecule has 3 aromatic heterocycles. The van der Waals surface area contributed by atoms with Crippen LogP contribution in [0.4, 0.5) is 21.7 Å². The molecule has 0 amide bonds. The smallest absolute Gasteiger partial charge is 0.227 e. The molecule has 3 N–H and O–H groups in total. The number of nitrogen functional groups attached to an aromatic ring is 1. The van der Waals surface area contributed by atoms with Gasteiger partial charge in [0.1, 0.15) is 11.5 Å². The number of aryl methyl sites for hydroxylation is 1. The lowest BCUT2D eigenvalue weighted by Gasteiger charge is -2.08. The first-order chi connectivity index (χ1) is 15.1. The van der Waals surface area contributed by atoms with E-state index in [9.17, 15) is 4.39 Å². The van der Waals surface area contributed by atoms with E-state index >= 15 is 0 Å². The van der Waals surface area contributed by atoms with E-state index in [1.54, 1.807) is 23.0 Å². The van der Waals surface area contributed by atoms with Crippen LogP contribution in [-0.2, 0) is 0 Å². The molecule has 0 fully saturated rings. The fraction of sp³-hybridized carbons (Fsp3) is 0.0435. The zero-order valence-electron chi connectivity index (χ0n) is 16.6. The molecular weight excluding hydrogens is 393 g/mol. The van der Waals surface area contributed by atoms with Crippen molar-refractivity contribution in [2.24, 2.45) is 0 Å². The molecule has 2 aromatic carbocycles. The minimum atomic E-state index is -0.339. The van der Waals surface area contributed by atoms with Gasteiger partial charge in [0.05, 0.1) is 22.5 Å². The van der Waals surface area contributed by atoms with Crippen molar-refractivity contribution in [1.29, 1.82) is 0 Å². The van der Waals surface area contributed by atoms with E-state index in [-0.39, 0.29) is 5.82 Å². The molecule has 0 aliphatic rings. The Bertz CT molecular complexity index is 1410.